The molecule has 2 aromatic heterocycles. The third-order valence-corrected chi connectivity index (χ3v) is 2.74. The number of anilines is 1. The Hall–Kier alpha value is -1.36. The number of aromatic nitrogens is 3. The molecule has 5 heteroatoms. The molecule has 1 N–H and O–H groups in total. The second kappa shape index (κ2) is 4.23. The highest BCUT2D eigenvalue weighted by atomic mass is 32.1. The molecule has 2 heterocycles. The molecule has 0 saturated carbocycles. The summed E-state index contributed by atoms with van der Waals surface area (Å²) in [5.74, 6) is 0. The number of hydrogen-bond acceptors (Lipinski definition) is 4. The van der Waals surface area contributed by atoms with Crippen LogP contribution in [0.25, 0.3) is 0 Å². The van der Waals surface area contributed by atoms with Crippen molar-refractivity contribution in [1.82, 2.24) is 14.5 Å². The van der Waals surface area contributed by atoms with E-state index in [1.54, 1.807) is 17.5 Å². The van der Waals surface area contributed by atoms with E-state index in [0.717, 1.165) is 23.9 Å². The Morgan fingerprint density at radius 2 is 2.50 bits per heavy atom. The molecule has 0 unspecified atom stereocenters. The summed E-state index contributed by atoms with van der Waals surface area (Å²) in [4.78, 5) is 8.29. The van der Waals surface area contributed by atoms with Crippen molar-refractivity contribution >= 4 is 16.5 Å². The van der Waals surface area contributed by atoms with Crippen LogP contribution in [0.15, 0.2) is 24.1 Å². The highest BCUT2D eigenvalue weighted by molar-refractivity contribution is 7.13. The van der Waals surface area contributed by atoms with Crippen LogP contribution in [-0.2, 0) is 6.54 Å². The van der Waals surface area contributed by atoms with Gasteiger partial charge in [-0.3, -0.25) is 0 Å². The van der Waals surface area contributed by atoms with E-state index in [2.05, 4.69) is 15.3 Å². The minimum absolute atomic E-state index is 0.878. The maximum absolute atomic E-state index is 4.31. The standard InChI is InChI=1S/C9H12N4S/c1-8-6-14-9(12-8)11-3-5-13-4-2-10-7-13/h2,4,6-7H,3,5H2,1H3,(H,11,12). The Kier molecular flexibility index (Phi) is 2.78. The van der Waals surface area contributed by atoms with Crippen LogP contribution in [-0.4, -0.2) is 21.1 Å². The van der Waals surface area contributed by atoms with Crippen LogP contribution in [0.4, 0.5) is 5.13 Å². The van der Waals surface area contributed by atoms with Crippen molar-refractivity contribution in [2.24, 2.45) is 0 Å². The second-order valence-corrected chi connectivity index (χ2v) is 3.88. The van der Waals surface area contributed by atoms with Crippen molar-refractivity contribution in [2.75, 3.05) is 11.9 Å². The fourth-order valence-corrected chi connectivity index (χ4v) is 1.86. The predicted molar refractivity (Wildman–Crippen MR) is 57.6 cm³/mol. The van der Waals surface area contributed by atoms with Gasteiger partial charge in [-0.25, -0.2) is 9.97 Å². The molecule has 0 aliphatic carbocycles. The van der Waals surface area contributed by atoms with Gasteiger partial charge in [0.25, 0.3) is 0 Å². The molecule has 2 aromatic rings. The van der Waals surface area contributed by atoms with E-state index in [9.17, 15) is 0 Å². The summed E-state index contributed by atoms with van der Waals surface area (Å²) in [5, 5.41) is 6.29. The summed E-state index contributed by atoms with van der Waals surface area (Å²) in [6.45, 7) is 3.79. The maximum atomic E-state index is 4.31. The fraction of sp³-hybridized carbons (Fsp3) is 0.333. The number of hydrogen-bond donors (Lipinski definition) is 1. The average molecular weight is 208 g/mol. The van der Waals surface area contributed by atoms with Crippen molar-refractivity contribution in [3.05, 3.63) is 29.8 Å². The van der Waals surface area contributed by atoms with Gasteiger partial charge in [-0.05, 0) is 6.92 Å². The van der Waals surface area contributed by atoms with E-state index in [-0.39, 0.29) is 0 Å². The quantitative estimate of drug-likeness (QED) is 0.832. The van der Waals surface area contributed by atoms with Crippen molar-refractivity contribution in [3.63, 3.8) is 0 Å². The molecule has 4 nitrogen and oxygen atoms in total. The normalized spacial score (nSPS) is 10.4. The number of aryl methyl sites for hydroxylation is 1. The number of rotatable bonds is 4. The molecule has 0 fully saturated rings. The summed E-state index contributed by atoms with van der Waals surface area (Å²) in [6, 6.07) is 0. The number of thiazole rings is 1. The Morgan fingerprint density at radius 1 is 1.57 bits per heavy atom. The van der Waals surface area contributed by atoms with Crippen LogP contribution in [0.3, 0.4) is 0 Å². The van der Waals surface area contributed by atoms with E-state index in [1.165, 1.54) is 0 Å². The van der Waals surface area contributed by atoms with Gasteiger partial charge >= 0.3 is 0 Å². The minimum atomic E-state index is 0.878. The molecular weight excluding hydrogens is 196 g/mol. The molecule has 0 bridgehead atoms. The number of imidazole rings is 1. The first-order chi connectivity index (χ1) is 6.84. The number of nitrogens with zero attached hydrogens (tertiary/aromatic N) is 3. The van der Waals surface area contributed by atoms with Gasteiger partial charge in [0.2, 0.25) is 0 Å². The Labute approximate surface area is 86.6 Å². The second-order valence-electron chi connectivity index (χ2n) is 3.02. The van der Waals surface area contributed by atoms with Gasteiger partial charge in [-0.1, -0.05) is 0 Å². The average Bonchev–Trinajstić information content (AvgIpc) is 2.77. The van der Waals surface area contributed by atoms with Gasteiger partial charge in [0.1, 0.15) is 0 Å². The van der Waals surface area contributed by atoms with Gasteiger partial charge in [0, 0.05) is 30.9 Å². The van der Waals surface area contributed by atoms with Crippen molar-refractivity contribution in [2.45, 2.75) is 13.5 Å². The highest BCUT2D eigenvalue weighted by Gasteiger charge is 1.96. The van der Waals surface area contributed by atoms with Crippen LogP contribution in [0.5, 0.6) is 0 Å². The van der Waals surface area contributed by atoms with Crippen LogP contribution in [0, 0.1) is 6.92 Å². The van der Waals surface area contributed by atoms with E-state index >= 15 is 0 Å². The molecule has 0 radical (unpaired) electrons. The summed E-state index contributed by atoms with van der Waals surface area (Å²) >= 11 is 1.64. The van der Waals surface area contributed by atoms with Crippen LogP contribution >= 0.6 is 11.3 Å². The fourth-order valence-electron chi connectivity index (χ4n) is 1.15. The van der Waals surface area contributed by atoms with Gasteiger partial charge < -0.3 is 9.88 Å². The first kappa shape index (κ1) is 9.21. The molecule has 0 spiro atoms. The SMILES string of the molecule is Cc1csc(NCCn2ccnc2)n1. The molecule has 0 aromatic carbocycles. The molecule has 0 aliphatic heterocycles. The van der Waals surface area contributed by atoms with E-state index in [1.807, 2.05) is 29.4 Å². The highest BCUT2D eigenvalue weighted by Crippen LogP contribution is 2.13. The lowest BCUT2D eigenvalue weighted by atomic mass is 10.6. The molecular formula is C9H12N4S. The molecule has 74 valence electrons. The lowest BCUT2D eigenvalue weighted by molar-refractivity contribution is 0.726. The monoisotopic (exact) mass is 208 g/mol. The van der Waals surface area contributed by atoms with Crippen LogP contribution in [0.2, 0.25) is 0 Å². The Balaban J connectivity index is 1.78. The lowest BCUT2D eigenvalue weighted by Gasteiger charge is -2.02. The summed E-state index contributed by atoms with van der Waals surface area (Å²) in [5.41, 5.74) is 1.07. The van der Waals surface area contributed by atoms with Gasteiger partial charge in [0.15, 0.2) is 5.13 Å². The van der Waals surface area contributed by atoms with E-state index < -0.39 is 0 Å². The molecule has 0 aliphatic rings. The molecule has 0 saturated heterocycles. The maximum Gasteiger partial charge on any atom is 0.182 e. The number of nitrogens with one attached hydrogen (secondary N) is 1. The summed E-state index contributed by atoms with van der Waals surface area (Å²) < 4.78 is 2.04. The molecule has 2 rings (SSSR count). The van der Waals surface area contributed by atoms with Gasteiger partial charge in [-0.15, -0.1) is 11.3 Å². The van der Waals surface area contributed by atoms with Crippen LogP contribution in [0.1, 0.15) is 5.69 Å². The summed E-state index contributed by atoms with van der Waals surface area (Å²) in [7, 11) is 0. The lowest BCUT2D eigenvalue weighted by Crippen LogP contribution is -2.08. The Morgan fingerprint density at radius 3 is 3.14 bits per heavy atom. The first-order valence-electron chi connectivity index (χ1n) is 4.46. The predicted octanol–water partition coefficient (Wildman–Crippen LogP) is 1.76. The van der Waals surface area contributed by atoms with Crippen LogP contribution < -0.4 is 5.32 Å². The van der Waals surface area contributed by atoms with E-state index in [0.29, 0.717) is 0 Å². The molecule has 0 amide bonds. The zero-order valence-electron chi connectivity index (χ0n) is 7.97. The summed E-state index contributed by atoms with van der Waals surface area (Å²) in [6.07, 6.45) is 5.55. The molecule has 14 heavy (non-hydrogen) atoms. The van der Waals surface area contributed by atoms with Crippen molar-refractivity contribution < 1.29 is 0 Å². The van der Waals surface area contributed by atoms with Gasteiger partial charge in [-0.2, -0.15) is 0 Å². The topological polar surface area (TPSA) is 42.7 Å². The largest absolute Gasteiger partial charge is 0.360 e. The van der Waals surface area contributed by atoms with Crippen molar-refractivity contribution in [1.29, 1.82) is 0 Å². The molecule has 0 atom stereocenters. The van der Waals surface area contributed by atoms with E-state index in [4.69, 9.17) is 0 Å². The van der Waals surface area contributed by atoms with Crippen molar-refractivity contribution in [3.8, 4) is 0 Å². The third kappa shape index (κ3) is 2.32. The smallest absolute Gasteiger partial charge is 0.182 e. The Bertz CT molecular complexity index is 379. The third-order valence-electron chi connectivity index (χ3n) is 1.82. The first-order valence-corrected chi connectivity index (χ1v) is 5.34. The zero-order valence-corrected chi connectivity index (χ0v) is 8.79. The van der Waals surface area contributed by atoms with Gasteiger partial charge in [0.05, 0.1) is 12.0 Å². The zero-order chi connectivity index (χ0) is 9.80. The minimum Gasteiger partial charge on any atom is -0.360 e.